The van der Waals surface area contributed by atoms with Crippen molar-refractivity contribution in [2.75, 3.05) is 31.2 Å². The van der Waals surface area contributed by atoms with Gasteiger partial charge in [0.15, 0.2) is 5.79 Å². The van der Waals surface area contributed by atoms with E-state index in [4.69, 9.17) is 9.47 Å². The van der Waals surface area contributed by atoms with Crippen LogP contribution in [-0.2, 0) is 9.47 Å². The Labute approximate surface area is 94.4 Å². The number of anilines is 1. The third-order valence-corrected chi connectivity index (χ3v) is 3.17. The Balaban J connectivity index is 1.66. The molecule has 1 radical (unpaired) electrons. The number of ether oxygens (including phenoxy) is 2. The van der Waals surface area contributed by atoms with E-state index in [1.54, 1.807) is 12.4 Å². The van der Waals surface area contributed by atoms with E-state index in [2.05, 4.69) is 21.1 Å². The van der Waals surface area contributed by atoms with Gasteiger partial charge >= 0.3 is 0 Å². The Kier molecular flexibility index (Phi) is 2.49. The molecular formula is C11H14N3O2. The average molecular weight is 220 g/mol. The van der Waals surface area contributed by atoms with Crippen molar-refractivity contribution in [1.82, 2.24) is 9.97 Å². The topological polar surface area (TPSA) is 47.5 Å². The van der Waals surface area contributed by atoms with E-state index in [-0.39, 0.29) is 5.79 Å². The number of nitrogens with zero attached hydrogens (tertiary/aromatic N) is 3. The summed E-state index contributed by atoms with van der Waals surface area (Å²) in [5.74, 6) is 0.594. The molecule has 85 valence electrons. The number of hydrogen-bond donors (Lipinski definition) is 0. The van der Waals surface area contributed by atoms with E-state index < -0.39 is 0 Å². The zero-order valence-corrected chi connectivity index (χ0v) is 9.06. The maximum absolute atomic E-state index is 5.67. The van der Waals surface area contributed by atoms with Crippen LogP contribution in [0.5, 0.6) is 0 Å². The molecule has 0 atom stereocenters. The van der Waals surface area contributed by atoms with Gasteiger partial charge in [0.05, 0.1) is 25.6 Å². The Morgan fingerprint density at radius 2 is 2.00 bits per heavy atom. The highest BCUT2D eigenvalue weighted by Crippen LogP contribution is 2.32. The van der Waals surface area contributed by atoms with Crippen LogP contribution in [-0.4, -0.2) is 42.1 Å². The summed E-state index contributed by atoms with van der Waals surface area (Å²) in [6.45, 7) is 3.25. The zero-order valence-electron chi connectivity index (χ0n) is 9.06. The van der Waals surface area contributed by atoms with Crippen LogP contribution in [0.4, 0.5) is 5.82 Å². The summed E-state index contributed by atoms with van der Waals surface area (Å²) in [4.78, 5) is 10.4. The van der Waals surface area contributed by atoms with E-state index in [1.807, 2.05) is 0 Å². The molecule has 0 aliphatic carbocycles. The Morgan fingerprint density at radius 3 is 2.62 bits per heavy atom. The minimum absolute atomic E-state index is 0.315. The van der Waals surface area contributed by atoms with E-state index >= 15 is 0 Å². The van der Waals surface area contributed by atoms with Crippen molar-refractivity contribution in [1.29, 1.82) is 0 Å². The van der Waals surface area contributed by atoms with E-state index in [0.717, 1.165) is 45.0 Å². The van der Waals surface area contributed by atoms with Gasteiger partial charge in [-0.2, -0.15) is 0 Å². The van der Waals surface area contributed by atoms with Crippen molar-refractivity contribution >= 4 is 5.82 Å². The molecule has 0 unspecified atom stereocenters. The van der Waals surface area contributed by atoms with Crippen LogP contribution in [0.2, 0.25) is 0 Å². The molecule has 5 nitrogen and oxygen atoms in total. The molecule has 1 aromatic heterocycles. The molecule has 2 aliphatic rings. The lowest BCUT2D eigenvalue weighted by molar-refractivity contribution is -0.169. The van der Waals surface area contributed by atoms with Gasteiger partial charge in [0.25, 0.3) is 0 Å². The van der Waals surface area contributed by atoms with Gasteiger partial charge in [-0.05, 0) is 0 Å². The molecule has 2 aliphatic heterocycles. The van der Waals surface area contributed by atoms with Crippen molar-refractivity contribution in [3.63, 3.8) is 0 Å². The molecule has 2 saturated heterocycles. The first-order valence-electron chi connectivity index (χ1n) is 5.59. The van der Waals surface area contributed by atoms with Gasteiger partial charge in [-0.25, -0.2) is 9.97 Å². The largest absolute Gasteiger partial charge is 0.355 e. The maximum Gasteiger partial charge on any atom is 0.171 e. The van der Waals surface area contributed by atoms with Crippen LogP contribution in [0.15, 0.2) is 12.4 Å². The third kappa shape index (κ3) is 1.76. The van der Waals surface area contributed by atoms with Crippen molar-refractivity contribution in [3.8, 4) is 0 Å². The molecule has 1 aromatic rings. The van der Waals surface area contributed by atoms with Crippen LogP contribution < -0.4 is 4.90 Å². The molecule has 2 fully saturated rings. The first-order valence-corrected chi connectivity index (χ1v) is 5.59. The minimum atomic E-state index is -0.315. The van der Waals surface area contributed by atoms with Crippen molar-refractivity contribution in [2.45, 2.75) is 18.6 Å². The van der Waals surface area contributed by atoms with Gasteiger partial charge < -0.3 is 14.4 Å². The summed E-state index contributed by atoms with van der Waals surface area (Å²) in [7, 11) is 0. The summed E-state index contributed by atoms with van der Waals surface area (Å²) >= 11 is 0. The monoisotopic (exact) mass is 220 g/mol. The smallest absolute Gasteiger partial charge is 0.171 e. The fourth-order valence-electron chi connectivity index (χ4n) is 2.28. The number of aromatic nitrogens is 2. The number of piperidine rings is 1. The molecule has 0 aromatic carbocycles. The summed E-state index contributed by atoms with van der Waals surface area (Å²) in [6, 6.07) is 0. The summed E-state index contributed by atoms with van der Waals surface area (Å²) < 4.78 is 11.3. The summed E-state index contributed by atoms with van der Waals surface area (Å²) in [5, 5.41) is 0. The van der Waals surface area contributed by atoms with E-state index in [1.165, 1.54) is 0 Å². The SMILES string of the molecule is [c]1cnc(N2CCC3(CC2)OCCO3)cn1. The molecule has 0 amide bonds. The normalized spacial score (nSPS) is 23.9. The second-order valence-electron chi connectivity index (χ2n) is 4.10. The molecule has 5 heteroatoms. The van der Waals surface area contributed by atoms with Gasteiger partial charge in [0, 0.05) is 25.9 Å². The number of hydrogen-bond acceptors (Lipinski definition) is 5. The molecule has 1 spiro atoms. The predicted octanol–water partition coefficient (Wildman–Crippen LogP) is 0.620. The highest BCUT2D eigenvalue weighted by molar-refractivity contribution is 5.35. The molecule has 0 N–H and O–H groups in total. The first kappa shape index (κ1) is 9.99. The van der Waals surface area contributed by atoms with Gasteiger partial charge in [-0.1, -0.05) is 0 Å². The Hall–Kier alpha value is -1.20. The number of rotatable bonds is 1. The lowest BCUT2D eigenvalue weighted by Gasteiger charge is -2.37. The van der Waals surface area contributed by atoms with Crippen LogP contribution in [0, 0.1) is 6.20 Å². The van der Waals surface area contributed by atoms with Gasteiger partial charge in [-0.15, -0.1) is 0 Å². The maximum atomic E-state index is 5.67. The van der Waals surface area contributed by atoms with E-state index in [9.17, 15) is 0 Å². The fourth-order valence-corrected chi connectivity index (χ4v) is 2.28. The molecule has 0 saturated carbocycles. The molecule has 3 heterocycles. The second kappa shape index (κ2) is 3.99. The van der Waals surface area contributed by atoms with Gasteiger partial charge in [-0.3, -0.25) is 0 Å². The molecule has 0 bridgehead atoms. The zero-order chi connectivity index (χ0) is 10.8. The predicted molar refractivity (Wildman–Crippen MR) is 57.0 cm³/mol. The van der Waals surface area contributed by atoms with Gasteiger partial charge in [0.1, 0.15) is 12.0 Å². The molecular weight excluding hydrogens is 206 g/mol. The van der Waals surface area contributed by atoms with Crippen molar-refractivity contribution < 1.29 is 9.47 Å². The molecule has 3 rings (SSSR count). The minimum Gasteiger partial charge on any atom is -0.355 e. The molecule has 16 heavy (non-hydrogen) atoms. The Morgan fingerprint density at radius 1 is 1.25 bits per heavy atom. The first-order chi connectivity index (χ1) is 7.88. The fraction of sp³-hybridized carbons (Fsp3) is 0.636. The van der Waals surface area contributed by atoms with E-state index in [0.29, 0.717) is 0 Å². The van der Waals surface area contributed by atoms with Crippen molar-refractivity contribution in [2.24, 2.45) is 0 Å². The highest BCUT2D eigenvalue weighted by Gasteiger charge is 2.39. The van der Waals surface area contributed by atoms with Crippen LogP contribution in [0.3, 0.4) is 0 Å². The van der Waals surface area contributed by atoms with Crippen LogP contribution in [0.1, 0.15) is 12.8 Å². The average Bonchev–Trinajstić information content (AvgIpc) is 2.80. The van der Waals surface area contributed by atoms with Crippen molar-refractivity contribution in [3.05, 3.63) is 18.6 Å². The lowest BCUT2D eigenvalue weighted by Crippen LogP contribution is -2.45. The summed E-state index contributed by atoms with van der Waals surface area (Å²) in [6.07, 6.45) is 7.82. The van der Waals surface area contributed by atoms with Gasteiger partial charge in [0.2, 0.25) is 0 Å². The van der Waals surface area contributed by atoms with Crippen LogP contribution >= 0.6 is 0 Å². The standard InChI is InChI=1S/C11H14N3O2/c1-5-14(10-9-12-3-4-13-10)6-2-11(1)15-7-8-16-11/h4,9H,1-2,5-8H2. The Bertz CT molecular complexity index is 342. The summed E-state index contributed by atoms with van der Waals surface area (Å²) in [5.41, 5.74) is 0. The highest BCUT2D eigenvalue weighted by atomic mass is 16.7. The third-order valence-electron chi connectivity index (χ3n) is 3.17. The second-order valence-corrected chi connectivity index (χ2v) is 4.10. The lowest BCUT2D eigenvalue weighted by atomic mass is 10.0. The van der Waals surface area contributed by atoms with Crippen LogP contribution in [0.25, 0.3) is 0 Å². The quantitative estimate of drug-likeness (QED) is 0.694.